The van der Waals surface area contributed by atoms with Crippen LogP contribution in [0.15, 0.2) is 65.6 Å². The minimum atomic E-state index is -1.66. The predicted molar refractivity (Wildman–Crippen MR) is 136 cm³/mol. The molecule has 2 N–H and O–H groups in total. The highest BCUT2D eigenvalue weighted by molar-refractivity contribution is 7.83. The van der Waals surface area contributed by atoms with Crippen molar-refractivity contribution in [3.8, 4) is 5.75 Å². The number of fused-ring (bicyclic) bond motifs is 1. The highest BCUT2D eigenvalue weighted by atomic mass is 35.5. The van der Waals surface area contributed by atoms with Gasteiger partial charge in [-0.25, -0.2) is 9.19 Å². The van der Waals surface area contributed by atoms with Gasteiger partial charge in [0, 0.05) is 40.2 Å². The van der Waals surface area contributed by atoms with Crippen LogP contribution in [0, 0.1) is 0 Å². The van der Waals surface area contributed by atoms with Gasteiger partial charge in [-0.05, 0) is 35.9 Å². The Morgan fingerprint density at radius 2 is 1.85 bits per heavy atom. The molecule has 4 aromatic rings. The topological polar surface area (TPSA) is 84.1 Å². The summed E-state index contributed by atoms with van der Waals surface area (Å²) in [5.74, 6) is 0.109. The van der Waals surface area contributed by atoms with Crippen molar-refractivity contribution in [2.24, 2.45) is 0 Å². The molecule has 34 heavy (non-hydrogen) atoms. The number of carbonyl (C=O) groups excluding carboxylic acids is 1. The molecule has 2 aromatic heterocycles. The van der Waals surface area contributed by atoms with E-state index in [9.17, 15) is 9.00 Å². The molecule has 0 saturated heterocycles. The Balaban J connectivity index is 1.66. The fourth-order valence-electron chi connectivity index (χ4n) is 3.86. The second kappa shape index (κ2) is 9.60. The van der Waals surface area contributed by atoms with Gasteiger partial charge in [0.2, 0.25) is 0 Å². The van der Waals surface area contributed by atoms with Gasteiger partial charge in [-0.15, -0.1) is 0 Å². The summed E-state index contributed by atoms with van der Waals surface area (Å²) < 4.78 is 20.4. The summed E-state index contributed by atoms with van der Waals surface area (Å²) in [5.41, 5.74) is 3.82. The monoisotopic (exact) mass is 495 g/mol. The fraction of sp³-hybridized carbons (Fsp3) is 0.231. The summed E-state index contributed by atoms with van der Waals surface area (Å²) in [7, 11) is -0.0730. The van der Waals surface area contributed by atoms with Gasteiger partial charge in [0.1, 0.15) is 11.4 Å². The Morgan fingerprint density at radius 3 is 2.53 bits per heavy atom. The third-order valence-electron chi connectivity index (χ3n) is 5.47. The molecule has 0 aliphatic carbocycles. The zero-order valence-electron chi connectivity index (χ0n) is 19.4. The molecule has 0 aliphatic heterocycles. The van der Waals surface area contributed by atoms with Gasteiger partial charge in [0.05, 0.1) is 17.0 Å². The zero-order chi connectivity index (χ0) is 24.5. The highest BCUT2D eigenvalue weighted by Gasteiger charge is 2.24. The SMILES string of the molecule is COc1cc2[nH]c(C(C)(C)C)c(Cc3cccc(C(=O)NS(=O)c4ccccc4)n3)c2cc1Cl. The van der Waals surface area contributed by atoms with E-state index in [0.717, 1.165) is 27.9 Å². The van der Waals surface area contributed by atoms with Crippen LogP contribution in [0.4, 0.5) is 0 Å². The molecule has 8 heteroatoms. The van der Waals surface area contributed by atoms with Gasteiger partial charge in [-0.2, -0.15) is 0 Å². The number of H-pyrrole nitrogens is 1. The number of halogens is 1. The van der Waals surface area contributed by atoms with Crippen molar-refractivity contribution in [3.63, 3.8) is 0 Å². The molecule has 6 nitrogen and oxygen atoms in total. The summed E-state index contributed by atoms with van der Waals surface area (Å²) in [4.78, 5) is 21.3. The number of carbonyl (C=O) groups is 1. The molecule has 0 spiro atoms. The molecule has 0 bridgehead atoms. The lowest BCUT2D eigenvalue weighted by atomic mass is 9.87. The van der Waals surface area contributed by atoms with Gasteiger partial charge in [-0.1, -0.05) is 56.6 Å². The molecule has 2 aromatic carbocycles. The lowest BCUT2D eigenvalue weighted by Gasteiger charge is -2.19. The van der Waals surface area contributed by atoms with Crippen LogP contribution in [0.25, 0.3) is 10.9 Å². The quantitative estimate of drug-likeness (QED) is 0.366. The minimum Gasteiger partial charge on any atom is -0.495 e. The molecule has 0 saturated carbocycles. The molecule has 2 heterocycles. The lowest BCUT2D eigenvalue weighted by molar-refractivity contribution is 0.0978. The van der Waals surface area contributed by atoms with E-state index in [0.29, 0.717) is 22.1 Å². The van der Waals surface area contributed by atoms with Crippen molar-refractivity contribution in [3.05, 3.63) is 88.3 Å². The number of nitrogens with one attached hydrogen (secondary N) is 2. The van der Waals surface area contributed by atoms with Crippen LogP contribution >= 0.6 is 11.6 Å². The average Bonchev–Trinajstić information content (AvgIpc) is 3.16. The van der Waals surface area contributed by atoms with Gasteiger partial charge in [0.25, 0.3) is 5.91 Å². The lowest BCUT2D eigenvalue weighted by Crippen LogP contribution is -2.26. The minimum absolute atomic E-state index is 0.157. The maximum Gasteiger partial charge on any atom is 0.281 e. The van der Waals surface area contributed by atoms with Crippen molar-refractivity contribution in [2.45, 2.75) is 37.5 Å². The Hall–Kier alpha value is -3.16. The first kappa shape index (κ1) is 24.0. The summed E-state index contributed by atoms with van der Waals surface area (Å²) in [6.45, 7) is 6.41. The molecule has 1 atom stereocenters. The Bertz CT molecular complexity index is 1380. The summed E-state index contributed by atoms with van der Waals surface area (Å²) in [6.07, 6.45) is 0.498. The Morgan fingerprint density at radius 1 is 1.12 bits per heavy atom. The standard InChI is InChI=1S/C26H26ClN3O3S/c1-26(2,3)24-19(18-14-20(27)23(33-4)15-22(18)29-24)13-16-9-8-12-21(28-16)25(31)30-34(32)17-10-6-5-7-11-17/h5-12,14-15,29H,13H2,1-4H3,(H,30,31). The van der Waals surface area contributed by atoms with E-state index in [1.807, 2.05) is 24.3 Å². The zero-order valence-corrected chi connectivity index (χ0v) is 21.0. The van der Waals surface area contributed by atoms with E-state index in [1.165, 1.54) is 0 Å². The van der Waals surface area contributed by atoms with E-state index in [-0.39, 0.29) is 11.1 Å². The fourth-order valence-corrected chi connectivity index (χ4v) is 4.89. The highest BCUT2D eigenvalue weighted by Crippen LogP contribution is 2.37. The van der Waals surface area contributed by atoms with Gasteiger partial charge in [-0.3, -0.25) is 9.52 Å². The summed E-state index contributed by atoms with van der Waals surface area (Å²) >= 11 is 6.43. The smallest absolute Gasteiger partial charge is 0.281 e. The number of amides is 1. The second-order valence-corrected chi connectivity index (χ2v) is 10.6. The van der Waals surface area contributed by atoms with Gasteiger partial charge < -0.3 is 9.72 Å². The van der Waals surface area contributed by atoms with Crippen LogP contribution in [0.5, 0.6) is 5.75 Å². The first-order valence-corrected chi connectivity index (χ1v) is 12.3. The third-order valence-corrected chi connectivity index (χ3v) is 6.83. The number of aromatic amines is 1. The normalized spacial score (nSPS) is 12.5. The van der Waals surface area contributed by atoms with E-state index >= 15 is 0 Å². The second-order valence-electron chi connectivity index (χ2n) is 8.96. The Kier molecular flexibility index (Phi) is 6.77. The first-order chi connectivity index (χ1) is 16.2. The molecule has 0 aliphatic rings. The number of ether oxygens (including phenoxy) is 1. The third kappa shape index (κ3) is 5.00. The van der Waals surface area contributed by atoms with Crippen LogP contribution in [0.2, 0.25) is 5.02 Å². The van der Waals surface area contributed by atoms with E-state index in [1.54, 1.807) is 43.5 Å². The molecule has 176 valence electrons. The number of methoxy groups -OCH3 is 1. The van der Waals surface area contributed by atoms with Crippen LogP contribution in [0.1, 0.15) is 48.2 Å². The molecule has 1 unspecified atom stereocenters. The summed E-state index contributed by atoms with van der Waals surface area (Å²) in [6, 6.07) is 17.8. The van der Waals surface area contributed by atoms with Gasteiger partial charge >= 0.3 is 0 Å². The van der Waals surface area contributed by atoms with Gasteiger partial charge in [0.15, 0.2) is 11.0 Å². The molecule has 4 rings (SSSR count). The number of aromatic nitrogens is 2. The van der Waals surface area contributed by atoms with E-state index < -0.39 is 16.9 Å². The Labute approximate surface area is 206 Å². The molecule has 0 fully saturated rings. The number of pyridine rings is 1. The summed E-state index contributed by atoms with van der Waals surface area (Å²) in [5, 5.41) is 1.51. The van der Waals surface area contributed by atoms with Crippen molar-refractivity contribution >= 4 is 39.4 Å². The van der Waals surface area contributed by atoms with E-state index in [4.69, 9.17) is 16.3 Å². The maximum absolute atomic E-state index is 12.7. The first-order valence-electron chi connectivity index (χ1n) is 10.8. The van der Waals surface area contributed by atoms with E-state index in [2.05, 4.69) is 35.5 Å². The number of nitrogens with zero attached hydrogens (tertiary/aromatic N) is 1. The number of rotatable bonds is 6. The van der Waals surface area contributed by atoms with Crippen LogP contribution < -0.4 is 9.46 Å². The van der Waals surface area contributed by atoms with Crippen LogP contribution in [-0.2, 0) is 22.8 Å². The number of hydrogen-bond acceptors (Lipinski definition) is 4. The van der Waals surface area contributed by atoms with Crippen molar-refractivity contribution in [2.75, 3.05) is 7.11 Å². The van der Waals surface area contributed by atoms with Crippen molar-refractivity contribution < 1.29 is 13.7 Å². The molecule has 1 amide bonds. The predicted octanol–water partition coefficient (Wildman–Crippen LogP) is 5.57. The number of hydrogen-bond donors (Lipinski definition) is 2. The average molecular weight is 496 g/mol. The maximum atomic E-state index is 12.7. The largest absolute Gasteiger partial charge is 0.495 e. The molecule has 0 radical (unpaired) electrons. The van der Waals surface area contributed by atoms with Crippen molar-refractivity contribution in [1.29, 1.82) is 0 Å². The molecular formula is C26H26ClN3O3S. The number of benzene rings is 2. The molecular weight excluding hydrogens is 470 g/mol. The van der Waals surface area contributed by atoms with Crippen molar-refractivity contribution in [1.82, 2.24) is 14.7 Å². The van der Waals surface area contributed by atoms with Crippen LogP contribution in [0.3, 0.4) is 0 Å². The van der Waals surface area contributed by atoms with Crippen LogP contribution in [-0.4, -0.2) is 27.2 Å².